The van der Waals surface area contributed by atoms with Crippen LogP contribution in [-0.2, 0) is 9.47 Å². The van der Waals surface area contributed by atoms with E-state index in [9.17, 15) is 0 Å². The van der Waals surface area contributed by atoms with Gasteiger partial charge in [0.25, 0.3) is 0 Å². The van der Waals surface area contributed by atoms with E-state index in [1.165, 1.54) is 38.5 Å². The van der Waals surface area contributed by atoms with Crippen LogP contribution < -0.4 is 0 Å². The van der Waals surface area contributed by atoms with E-state index in [4.69, 9.17) is 9.47 Å². The molecule has 1 fully saturated rings. The van der Waals surface area contributed by atoms with Crippen molar-refractivity contribution in [2.24, 2.45) is 0 Å². The van der Waals surface area contributed by atoms with E-state index >= 15 is 0 Å². The van der Waals surface area contributed by atoms with Gasteiger partial charge in [-0.1, -0.05) is 39.0 Å². The lowest BCUT2D eigenvalue weighted by molar-refractivity contribution is -0.217. The van der Waals surface area contributed by atoms with Crippen molar-refractivity contribution in [3.8, 4) is 0 Å². The second-order valence-corrected chi connectivity index (χ2v) is 5.06. The summed E-state index contributed by atoms with van der Waals surface area (Å²) in [4.78, 5) is 0. The first kappa shape index (κ1) is 14.0. The second-order valence-electron chi connectivity index (χ2n) is 5.06. The van der Waals surface area contributed by atoms with Gasteiger partial charge in [-0.25, -0.2) is 0 Å². The predicted octanol–water partition coefficient (Wildman–Crippen LogP) is 4.28. The normalized spacial score (nSPS) is 20.6. The zero-order chi connectivity index (χ0) is 11.7. The highest BCUT2D eigenvalue weighted by Gasteiger charge is 2.26. The monoisotopic (exact) mass is 228 g/mol. The Kier molecular flexibility index (Phi) is 7.06. The Labute approximate surface area is 101 Å². The molecule has 0 unspecified atom stereocenters. The van der Waals surface area contributed by atoms with Gasteiger partial charge in [-0.15, -0.1) is 0 Å². The van der Waals surface area contributed by atoms with Crippen molar-refractivity contribution in [3.05, 3.63) is 0 Å². The third-order valence-corrected chi connectivity index (χ3v) is 3.34. The van der Waals surface area contributed by atoms with Crippen molar-refractivity contribution >= 4 is 0 Å². The van der Waals surface area contributed by atoms with Crippen molar-refractivity contribution in [3.63, 3.8) is 0 Å². The van der Waals surface area contributed by atoms with Gasteiger partial charge in [0.05, 0.1) is 13.2 Å². The molecule has 2 nitrogen and oxygen atoms in total. The largest absolute Gasteiger partial charge is 0.350 e. The van der Waals surface area contributed by atoms with Crippen molar-refractivity contribution < 1.29 is 9.47 Å². The Hall–Kier alpha value is -0.0800. The van der Waals surface area contributed by atoms with Crippen LogP contribution in [0.5, 0.6) is 0 Å². The molecule has 0 bridgehead atoms. The van der Waals surface area contributed by atoms with Gasteiger partial charge in [-0.3, -0.25) is 0 Å². The third-order valence-electron chi connectivity index (χ3n) is 3.34. The van der Waals surface area contributed by atoms with Crippen LogP contribution in [0.25, 0.3) is 0 Å². The summed E-state index contributed by atoms with van der Waals surface area (Å²) in [6.45, 7) is 6.09. The summed E-state index contributed by atoms with van der Waals surface area (Å²) in [6.07, 6.45) is 11.4. The fourth-order valence-corrected chi connectivity index (χ4v) is 2.19. The first-order valence-corrected chi connectivity index (χ1v) is 7.05. The van der Waals surface area contributed by atoms with Gasteiger partial charge in [0.1, 0.15) is 0 Å². The smallest absolute Gasteiger partial charge is 0.165 e. The summed E-state index contributed by atoms with van der Waals surface area (Å²) in [6, 6.07) is 0. The molecule has 96 valence electrons. The molecule has 2 heteroatoms. The third kappa shape index (κ3) is 5.86. The van der Waals surface area contributed by atoms with Gasteiger partial charge in [0.15, 0.2) is 5.79 Å². The molecular formula is C14H28O2. The predicted molar refractivity (Wildman–Crippen MR) is 67.5 cm³/mol. The number of ether oxygens (including phenoxy) is 2. The number of hydrogen-bond acceptors (Lipinski definition) is 2. The Balaban J connectivity index is 2.05. The van der Waals surface area contributed by atoms with Crippen LogP contribution in [-0.4, -0.2) is 19.0 Å². The summed E-state index contributed by atoms with van der Waals surface area (Å²) in [5.41, 5.74) is 0. The fraction of sp³-hybridized carbons (Fsp3) is 1.00. The lowest BCUT2D eigenvalue weighted by atomic mass is 10.1. The average Bonchev–Trinajstić information content (AvgIpc) is 2.49. The molecule has 0 saturated carbocycles. The molecule has 1 aliphatic rings. The van der Waals surface area contributed by atoms with Crippen LogP contribution in [0.4, 0.5) is 0 Å². The van der Waals surface area contributed by atoms with E-state index in [-0.39, 0.29) is 5.79 Å². The van der Waals surface area contributed by atoms with Crippen LogP contribution in [0, 0.1) is 0 Å². The summed E-state index contributed by atoms with van der Waals surface area (Å²) in [7, 11) is 0. The Morgan fingerprint density at radius 3 is 2.06 bits per heavy atom. The minimum Gasteiger partial charge on any atom is -0.350 e. The molecule has 0 aromatic heterocycles. The summed E-state index contributed by atoms with van der Waals surface area (Å²) in [5, 5.41) is 0. The number of unbranched alkanes of at least 4 members (excludes halogenated alkanes) is 5. The number of rotatable bonds is 7. The van der Waals surface area contributed by atoms with Gasteiger partial charge >= 0.3 is 0 Å². The number of hydrogen-bond donors (Lipinski definition) is 0. The molecule has 1 rings (SSSR count). The van der Waals surface area contributed by atoms with Crippen molar-refractivity contribution in [2.75, 3.05) is 13.2 Å². The molecule has 0 N–H and O–H groups in total. The Bertz CT molecular complexity index is 160. The van der Waals surface area contributed by atoms with Crippen LogP contribution in [0.15, 0.2) is 0 Å². The van der Waals surface area contributed by atoms with E-state index < -0.39 is 0 Å². The maximum absolute atomic E-state index is 5.80. The lowest BCUT2D eigenvalue weighted by Gasteiger charge is -2.28. The molecule has 0 spiro atoms. The fourth-order valence-electron chi connectivity index (χ4n) is 2.19. The lowest BCUT2D eigenvalue weighted by Crippen LogP contribution is -2.31. The Morgan fingerprint density at radius 2 is 1.44 bits per heavy atom. The summed E-state index contributed by atoms with van der Waals surface area (Å²) < 4.78 is 11.6. The van der Waals surface area contributed by atoms with Crippen LogP contribution in [0.1, 0.15) is 71.6 Å². The molecule has 0 aliphatic carbocycles. The van der Waals surface area contributed by atoms with Crippen LogP contribution in [0.3, 0.4) is 0 Å². The van der Waals surface area contributed by atoms with E-state index in [1.54, 1.807) is 0 Å². The van der Waals surface area contributed by atoms with Gasteiger partial charge in [-0.05, 0) is 26.2 Å². The second kappa shape index (κ2) is 8.08. The van der Waals surface area contributed by atoms with Crippen LogP contribution >= 0.6 is 0 Å². The van der Waals surface area contributed by atoms with Gasteiger partial charge < -0.3 is 9.47 Å². The molecule has 1 heterocycles. The van der Waals surface area contributed by atoms with Gasteiger partial charge in [0.2, 0.25) is 0 Å². The molecule has 1 saturated heterocycles. The van der Waals surface area contributed by atoms with E-state index in [2.05, 4.69) is 13.8 Å². The highest BCUT2D eigenvalue weighted by Crippen LogP contribution is 2.24. The van der Waals surface area contributed by atoms with E-state index in [0.717, 1.165) is 32.5 Å². The van der Waals surface area contributed by atoms with Crippen LogP contribution in [0.2, 0.25) is 0 Å². The highest BCUT2D eigenvalue weighted by atomic mass is 16.7. The summed E-state index contributed by atoms with van der Waals surface area (Å²) >= 11 is 0. The van der Waals surface area contributed by atoms with Gasteiger partial charge in [-0.2, -0.15) is 0 Å². The average molecular weight is 228 g/mol. The molecule has 0 aromatic rings. The standard InChI is InChI=1S/C14H28O2/c1-3-4-5-6-7-8-11-14(2)15-12-9-10-13-16-14/h3-13H2,1-2H3. The quantitative estimate of drug-likeness (QED) is 0.605. The SMILES string of the molecule is CCCCCCCCC1(C)OCCCCO1. The minimum atomic E-state index is -0.290. The molecule has 0 aromatic carbocycles. The van der Waals surface area contributed by atoms with Crippen molar-refractivity contribution in [1.82, 2.24) is 0 Å². The maximum Gasteiger partial charge on any atom is 0.165 e. The zero-order valence-corrected chi connectivity index (χ0v) is 11.1. The first-order valence-electron chi connectivity index (χ1n) is 7.05. The minimum absolute atomic E-state index is 0.290. The highest BCUT2D eigenvalue weighted by molar-refractivity contribution is 4.66. The zero-order valence-electron chi connectivity index (χ0n) is 11.1. The Morgan fingerprint density at radius 1 is 0.875 bits per heavy atom. The van der Waals surface area contributed by atoms with E-state index in [0.29, 0.717) is 0 Å². The maximum atomic E-state index is 5.80. The molecule has 0 radical (unpaired) electrons. The molecule has 0 amide bonds. The molecule has 1 aliphatic heterocycles. The topological polar surface area (TPSA) is 18.5 Å². The molecular weight excluding hydrogens is 200 g/mol. The first-order chi connectivity index (χ1) is 7.77. The molecule has 0 atom stereocenters. The van der Waals surface area contributed by atoms with Gasteiger partial charge in [0, 0.05) is 6.42 Å². The van der Waals surface area contributed by atoms with Crippen molar-refractivity contribution in [2.45, 2.75) is 77.4 Å². The van der Waals surface area contributed by atoms with E-state index in [1.807, 2.05) is 0 Å². The summed E-state index contributed by atoms with van der Waals surface area (Å²) in [5.74, 6) is -0.290. The van der Waals surface area contributed by atoms with Crippen molar-refractivity contribution in [1.29, 1.82) is 0 Å². The molecule has 16 heavy (non-hydrogen) atoms.